The molecule has 2 atom stereocenters. The monoisotopic (exact) mass is 416 g/mol. The van der Waals surface area contributed by atoms with E-state index in [9.17, 15) is 14.7 Å². The second kappa shape index (κ2) is 13.3. The molecular formula is C21H40N2O4S. The Labute approximate surface area is 174 Å². The lowest BCUT2D eigenvalue weighted by Crippen LogP contribution is -2.47. The van der Waals surface area contributed by atoms with Gasteiger partial charge in [0, 0.05) is 6.54 Å². The molecule has 1 fully saturated rings. The maximum Gasteiger partial charge on any atom is 0.407 e. The van der Waals surface area contributed by atoms with Gasteiger partial charge in [0.1, 0.15) is 5.60 Å². The zero-order valence-corrected chi connectivity index (χ0v) is 18.9. The zero-order valence-electron chi connectivity index (χ0n) is 18.1. The average Bonchev–Trinajstić information content (AvgIpc) is 2.60. The molecule has 1 aliphatic rings. The maximum atomic E-state index is 12.2. The van der Waals surface area contributed by atoms with Gasteiger partial charge in [0.2, 0.25) is 5.91 Å². The summed E-state index contributed by atoms with van der Waals surface area (Å²) >= 11 is 1.62. The van der Waals surface area contributed by atoms with Crippen LogP contribution >= 0.6 is 11.8 Å². The summed E-state index contributed by atoms with van der Waals surface area (Å²) in [5, 5.41) is 16.4. The topological polar surface area (TPSA) is 87.7 Å². The number of aliphatic hydroxyl groups excluding tert-OH is 1. The third-order valence-electron chi connectivity index (χ3n) is 4.82. The van der Waals surface area contributed by atoms with Crippen molar-refractivity contribution in [3.05, 3.63) is 0 Å². The van der Waals surface area contributed by atoms with Crippen LogP contribution in [0.15, 0.2) is 0 Å². The molecule has 0 spiro atoms. The van der Waals surface area contributed by atoms with Gasteiger partial charge >= 0.3 is 6.09 Å². The number of carbonyl (C=O) groups is 2. The Balaban J connectivity index is 2.51. The SMILES string of the molecule is CCCSCC(=O)NCC[C@H](O)[C@H](CC1CCCCC1)NC(=O)OC(C)(C)C. The van der Waals surface area contributed by atoms with E-state index >= 15 is 0 Å². The van der Waals surface area contributed by atoms with Crippen molar-refractivity contribution in [3.8, 4) is 0 Å². The first-order valence-corrected chi connectivity index (χ1v) is 11.9. The lowest BCUT2D eigenvalue weighted by atomic mass is 9.83. The van der Waals surface area contributed by atoms with Crippen molar-refractivity contribution < 1.29 is 19.4 Å². The number of aliphatic hydroxyl groups is 1. The van der Waals surface area contributed by atoms with Gasteiger partial charge in [-0.1, -0.05) is 39.0 Å². The van der Waals surface area contributed by atoms with Gasteiger partial charge in [-0.05, 0) is 51.7 Å². The number of hydrogen-bond donors (Lipinski definition) is 3. The van der Waals surface area contributed by atoms with E-state index in [0.29, 0.717) is 24.6 Å². The molecule has 3 N–H and O–H groups in total. The van der Waals surface area contributed by atoms with Crippen LogP contribution in [0.2, 0.25) is 0 Å². The van der Waals surface area contributed by atoms with Gasteiger partial charge < -0.3 is 20.5 Å². The molecule has 0 aromatic carbocycles. The lowest BCUT2D eigenvalue weighted by Gasteiger charge is -2.31. The van der Waals surface area contributed by atoms with Gasteiger partial charge in [0.15, 0.2) is 0 Å². The smallest absolute Gasteiger partial charge is 0.407 e. The summed E-state index contributed by atoms with van der Waals surface area (Å²) in [6.45, 7) is 7.97. The highest BCUT2D eigenvalue weighted by molar-refractivity contribution is 7.99. The summed E-state index contributed by atoms with van der Waals surface area (Å²) in [5.41, 5.74) is -0.575. The van der Waals surface area contributed by atoms with Gasteiger partial charge in [-0.25, -0.2) is 4.79 Å². The van der Waals surface area contributed by atoms with Crippen LogP contribution in [0, 0.1) is 5.92 Å². The fraction of sp³-hybridized carbons (Fsp3) is 0.905. The standard InChI is InChI=1S/C21H40N2O4S/c1-5-13-28-15-19(25)22-12-11-18(24)17(14-16-9-7-6-8-10-16)23-20(26)27-21(2,3)4/h16-18,24H,5-15H2,1-4H3,(H,22,25)(H,23,26)/t17-,18-/m0/s1. The summed E-state index contributed by atoms with van der Waals surface area (Å²) < 4.78 is 5.37. The summed E-state index contributed by atoms with van der Waals surface area (Å²) in [5.74, 6) is 1.93. The fourth-order valence-corrected chi connectivity index (χ4v) is 4.19. The van der Waals surface area contributed by atoms with E-state index in [1.54, 1.807) is 11.8 Å². The highest BCUT2D eigenvalue weighted by atomic mass is 32.2. The molecule has 1 aliphatic carbocycles. The molecule has 0 aromatic heterocycles. The van der Waals surface area contributed by atoms with Crippen LogP contribution in [0.4, 0.5) is 4.79 Å². The van der Waals surface area contributed by atoms with Gasteiger partial charge in [0.25, 0.3) is 0 Å². The first-order valence-electron chi connectivity index (χ1n) is 10.7. The minimum Gasteiger partial charge on any atom is -0.444 e. The van der Waals surface area contributed by atoms with Crippen LogP contribution in [0.25, 0.3) is 0 Å². The number of hydrogen-bond acceptors (Lipinski definition) is 5. The second-order valence-corrected chi connectivity index (χ2v) is 9.86. The zero-order chi connectivity index (χ0) is 21.0. The Kier molecular flexibility index (Phi) is 11.9. The number of ether oxygens (including phenoxy) is 1. The van der Waals surface area contributed by atoms with Crippen LogP contribution in [0.5, 0.6) is 0 Å². The molecule has 7 heteroatoms. The Morgan fingerprint density at radius 3 is 2.50 bits per heavy atom. The number of nitrogens with one attached hydrogen (secondary N) is 2. The molecule has 6 nitrogen and oxygen atoms in total. The van der Waals surface area contributed by atoms with E-state index in [1.807, 2.05) is 20.8 Å². The number of carbonyl (C=O) groups excluding carboxylic acids is 2. The second-order valence-electron chi connectivity index (χ2n) is 8.75. The lowest BCUT2D eigenvalue weighted by molar-refractivity contribution is -0.118. The Morgan fingerprint density at radius 2 is 1.89 bits per heavy atom. The summed E-state index contributed by atoms with van der Waals surface area (Å²) in [7, 11) is 0. The van der Waals surface area contributed by atoms with Crippen molar-refractivity contribution >= 4 is 23.8 Å². The molecule has 164 valence electrons. The molecule has 2 amide bonds. The number of amides is 2. The largest absolute Gasteiger partial charge is 0.444 e. The number of thioether (sulfide) groups is 1. The molecule has 0 saturated heterocycles. The first-order chi connectivity index (χ1) is 13.2. The molecule has 1 rings (SSSR count). The summed E-state index contributed by atoms with van der Waals surface area (Å²) in [6.07, 6.45) is 7.00. The van der Waals surface area contributed by atoms with Crippen molar-refractivity contribution in [1.29, 1.82) is 0 Å². The third kappa shape index (κ3) is 11.8. The Bertz CT molecular complexity index is 462. The molecule has 0 unspecified atom stereocenters. The molecule has 0 heterocycles. The van der Waals surface area contributed by atoms with Gasteiger partial charge in [-0.15, -0.1) is 0 Å². The molecule has 0 radical (unpaired) electrons. The predicted octanol–water partition coefficient (Wildman–Crippen LogP) is 3.86. The van der Waals surface area contributed by atoms with Crippen molar-refractivity contribution in [2.75, 3.05) is 18.1 Å². The molecular weight excluding hydrogens is 376 g/mol. The maximum absolute atomic E-state index is 12.2. The van der Waals surface area contributed by atoms with Gasteiger partial charge in [0.05, 0.1) is 17.9 Å². The van der Waals surface area contributed by atoms with Crippen LogP contribution in [0.3, 0.4) is 0 Å². The van der Waals surface area contributed by atoms with E-state index in [2.05, 4.69) is 17.6 Å². The minimum atomic E-state index is -0.710. The Morgan fingerprint density at radius 1 is 1.21 bits per heavy atom. The highest BCUT2D eigenvalue weighted by Crippen LogP contribution is 2.28. The van der Waals surface area contributed by atoms with Crippen LogP contribution in [-0.2, 0) is 9.53 Å². The van der Waals surface area contributed by atoms with E-state index in [0.717, 1.165) is 31.4 Å². The van der Waals surface area contributed by atoms with E-state index in [1.165, 1.54) is 19.3 Å². The summed E-state index contributed by atoms with van der Waals surface area (Å²) in [6, 6.07) is -0.357. The third-order valence-corrected chi connectivity index (χ3v) is 5.99. The Hall–Kier alpha value is -0.950. The fourth-order valence-electron chi connectivity index (χ4n) is 3.47. The molecule has 1 saturated carbocycles. The molecule has 0 bridgehead atoms. The van der Waals surface area contributed by atoms with Crippen LogP contribution < -0.4 is 10.6 Å². The molecule has 0 aliphatic heterocycles. The highest BCUT2D eigenvalue weighted by Gasteiger charge is 2.28. The quantitative estimate of drug-likeness (QED) is 0.445. The van der Waals surface area contributed by atoms with Crippen molar-refractivity contribution in [2.24, 2.45) is 5.92 Å². The minimum absolute atomic E-state index is 0.00502. The normalized spacial score (nSPS) is 17.6. The number of alkyl carbamates (subject to hydrolysis) is 1. The van der Waals surface area contributed by atoms with Crippen molar-refractivity contribution in [3.63, 3.8) is 0 Å². The average molecular weight is 417 g/mol. The van der Waals surface area contributed by atoms with Gasteiger partial charge in [-0.2, -0.15) is 11.8 Å². The van der Waals surface area contributed by atoms with E-state index in [-0.39, 0.29) is 11.9 Å². The predicted molar refractivity (Wildman–Crippen MR) is 116 cm³/mol. The van der Waals surface area contributed by atoms with E-state index in [4.69, 9.17) is 4.74 Å². The van der Waals surface area contributed by atoms with Crippen LogP contribution in [0.1, 0.15) is 79.1 Å². The van der Waals surface area contributed by atoms with Gasteiger partial charge in [-0.3, -0.25) is 4.79 Å². The van der Waals surface area contributed by atoms with Crippen molar-refractivity contribution in [1.82, 2.24) is 10.6 Å². The first kappa shape index (κ1) is 25.1. The summed E-state index contributed by atoms with van der Waals surface area (Å²) in [4.78, 5) is 24.0. The molecule has 28 heavy (non-hydrogen) atoms. The molecule has 0 aromatic rings. The van der Waals surface area contributed by atoms with Crippen molar-refractivity contribution in [2.45, 2.75) is 96.8 Å². The van der Waals surface area contributed by atoms with E-state index < -0.39 is 17.8 Å². The van der Waals surface area contributed by atoms with Crippen LogP contribution in [-0.4, -0.2) is 52.9 Å². The number of rotatable bonds is 11.